The van der Waals surface area contributed by atoms with Crippen LogP contribution in [-0.4, -0.2) is 27.5 Å². The number of hydrogen-bond donors (Lipinski definition) is 4. The van der Waals surface area contributed by atoms with Crippen molar-refractivity contribution in [3.63, 3.8) is 0 Å². The first kappa shape index (κ1) is 19.0. The van der Waals surface area contributed by atoms with Gasteiger partial charge in [-0.25, -0.2) is 13.8 Å². The van der Waals surface area contributed by atoms with E-state index in [4.69, 9.17) is 11.1 Å². The number of alkyl halides is 2. The minimum atomic E-state index is -2.67. The lowest BCUT2D eigenvalue weighted by Crippen LogP contribution is -2.31. The number of anilines is 2. The minimum absolute atomic E-state index is 0.104. The molecular formula is C21H21F2N5O. The Morgan fingerprint density at radius 3 is 2.66 bits per heavy atom. The Morgan fingerprint density at radius 2 is 1.93 bits per heavy atom. The first-order valence-electron chi connectivity index (χ1n) is 9.45. The van der Waals surface area contributed by atoms with Crippen molar-refractivity contribution in [1.29, 1.82) is 5.41 Å². The summed E-state index contributed by atoms with van der Waals surface area (Å²) >= 11 is 0. The van der Waals surface area contributed by atoms with Crippen LogP contribution in [0.4, 0.5) is 20.2 Å². The van der Waals surface area contributed by atoms with Gasteiger partial charge in [0.1, 0.15) is 5.71 Å². The molecule has 1 aliphatic rings. The van der Waals surface area contributed by atoms with Gasteiger partial charge in [0, 0.05) is 35.7 Å². The summed E-state index contributed by atoms with van der Waals surface area (Å²) in [6.07, 6.45) is -0.214. The summed E-state index contributed by atoms with van der Waals surface area (Å²) in [4.78, 5) is 20.0. The number of fused-ring (bicyclic) bond motifs is 1. The second-order valence-corrected chi connectivity index (χ2v) is 7.40. The predicted molar refractivity (Wildman–Crippen MR) is 108 cm³/mol. The molecule has 0 spiro atoms. The molecular weight excluding hydrogens is 376 g/mol. The number of imidazole rings is 1. The van der Waals surface area contributed by atoms with Crippen molar-refractivity contribution in [2.75, 3.05) is 11.1 Å². The average molecular weight is 397 g/mol. The van der Waals surface area contributed by atoms with Gasteiger partial charge in [-0.1, -0.05) is 12.1 Å². The number of aromatic amines is 1. The highest BCUT2D eigenvalue weighted by Gasteiger charge is 2.37. The largest absolute Gasteiger partial charge is 0.398 e. The first-order valence-corrected chi connectivity index (χ1v) is 9.45. The van der Waals surface area contributed by atoms with E-state index in [9.17, 15) is 13.6 Å². The van der Waals surface area contributed by atoms with E-state index in [1.807, 2.05) is 24.3 Å². The van der Waals surface area contributed by atoms with Gasteiger partial charge in [-0.05, 0) is 43.2 Å². The van der Waals surface area contributed by atoms with Crippen LogP contribution in [0.15, 0.2) is 42.5 Å². The predicted octanol–water partition coefficient (Wildman–Crippen LogP) is 4.33. The zero-order chi connectivity index (χ0) is 20.6. The number of hydrogen-bond acceptors (Lipinski definition) is 4. The fraction of sp³-hybridized carbons (Fsp3) is 0.286. The molecule has 1 aromatic heterocycles. The lowest BCUT2D eigenvalue weighted by Gasteiger charge is -2.27. The molecule has 1 saturated carbocycles. The SMILES string of the molecule is N=C(c1nc2ccccc2[nH]1)c1cc(NC(=O)C2CCC(F)(F)CC2)ccc1N. The minimum Gasteiger partial charge on any atom is -0.398 e. The summed E-state index contributed by atoms with van der Waals surface area (Å²) in [5.41, 5.74) is 8.98. The zero-order valence-corrected chi connectivity index (χ0v) is 15.6. The molecule has 1 amide bonds. The lowest BCUT2D eigenvalue weighted by molar-refractivity contribution is -0.124. The van der Waals surface area contributed by atoms with E-state index in [0.29, 0.717) is 22.8 Å². The zero-order valence-electron chi connectivity index (χ0n) is 15.6. The number of H-pyrrole nitrogens is 1. The number of rotatable bonds is 4. The second kappa shape index (κ2) is 7.27. The van der Waals surface area contributed by atoms with E-state index >= 15 is 0 Å². The van der Waals surface area contributed by atoms with Crippen molar-refractivity contribution in [3.8, 4) is 0 Å². The molecule has 0 unspecified atom stereocenters. The molecule has 29 heavy (non-hydrogen) atoms. The van der Waals surface area contributed by atoms with Crippen molar-refractivity contribution in [2.45, 2.75) is 31.6 Å². The molecule has 0 bridgehead atoms. The molecule has 0 saturated heterocycles. The van der Waals surface area contributed by atoms with Crippen molar-refractivity contribution < 1.29 is 13.6 Å². The molecule has 0 radical (unpaired) electrons. The van der Waals surface area contributed by atoms with Gasteiger partial charge in [0.05, 0.1) is 11.0 Å². The van der Waals surface area contributed by atoms with Gasteiger partial charge in [0.25, 0.3) is 0 Å². The van der Waals surface area contributed by atoms with Crippen LogP contribution in [0, 0.1) is 11.3 Å². The van der Waals surface area contributed by atoms with Crippen molar-refractivity contribution >= 4 is 34.0 Å². The van der Waals surface area contributed by atoms with E-state index in [1.165, 1.54) is 0 Å². The number of carbonyl (C=O) groups excluding carboxylic acids is 1. The van der Waals surface area contributed by atoms with Crippen molar-refractivity contribution in [2.24, 2.45) is 5.92 Å². The van der Waals surface area contributed by atoms with Crippen molar-refractivity contribution in [3.05, 3.63) is 53.9 Å². The molecule has 2 aromatic carbocycles. The fourth-order valence-corrected chi connectivity index (χ4v) is 3.60. The normalized spacial score (nSPS) is 16.6. The van der Waals surface area contributed by atoms with Crippen LogP contribution in [0.5, 0.6) is 0 Å². The van der Waals surface area contributed by atoms with Gasteiger partial charge in [-0.2, -0.15) is 0 Å². The monoisotopic (exact) mass is 397 g/mol. The van der Waals surface area contributed by atoms with Gasteiger partial charge in [-0.3, -0.25) is 10.2 Å². The maximum absolute atomic E-state index is 13.3. The molecule has 0 aliphatic heterocycles. The Labute approximate surface area is 166 Å². The third-order valence-electron chi connectivity index (χ3n) is 5.30. The highest BCUT2D eigenvalue weighted by atomic mass is 19.3. The molecule has 1 fully saturated rings. The number of nitrogens with two attached hydrogens (primary N) is 1. The summed E-state index contributed by atoms with van der Waals surface area (Å²) in [6, 6.07) is 12.3. The van der Waals surface area contributed by atoms with E-state index in [2.05, 4.69) is 15.3 Å². The standard InChI is InChI=1S/C21H21F2N5O/c22-21(23)9-7-12(8-10-21)20(29)26-13-5-6-15(24)14(11-13)18(25)19-27-16-3-1-2-4-17(16)28-19/h1-6,11-12,25H,7-10,24H2,(H,26,29)(H,27,28). The smallest absolute Gasteiger partial charge is 0.248 e. The summed E-state index contributed by atoms with van der Waals surface area (Å²) in [5, 5.41) is 11.3. The Bertz CT molecular complexity index is 1050. The summed E-state index contributed by atoms with van der Waals surface area (Å²) in [5.74, 6) is -3.03. The van der Waals surface area contributed by atoms with Gasteiger partial charge in [0.2, 0.25) is 11.8 Å². The quantitative estimate of drug-likeness (QED) is 0.389. The Hall–Kier alpha value is -3.29. The molecule has 6 nitrogen and oxygen atoms in total. The molecule has 1 heterocycles. The number of carbonyl (C=O) groups is 1. The number of halogens is 2. The van der Waals surface area contributed by atoms with Gasteiger partial charge >= 0.3 is 0 Å². The number of para-hydroxylation sites is 2. The van der Waals surface area contributed by atoms with Gasteiger partial charge in [-0.15, -0.1) is 0 Å². The number of benzene rings is 2. The molecule has 3 aromatic rings. The molecule has 1 aliphatic carbocycles. The fourth-order valence-electron chi connectivity index (χ4n) is 3.60. The average Bonchev–Trinajstić information content (AvgIpc) is 3.13. The molecule has 8 heteroatoms. The van der Waals surface area contributed by atoms with Crippen LogP contribution in [0.2, 0.25) is 0 Å². The van der Waals surface area contributed by atoms with Crippen molar-refractivity contribution in [1.82, 2.24) is 9.97 Å². The number of nitrogens with zero attached hydrogens (tertiary/aromatic N) is 1. The van der Waals surface area contributed by atoms with Gasteiger partial charge < -0.3 is 16.0 Å². The second-order valence-electron chi connectivity index (χ2n) is 7.40. The summed E-state index contributed by atoms with van der Waals surface area (Å²) in [6.45, 7) is 0. The highest BCUT2D eigenvalue weighted by Crippen LogP contribution is 2.36. The summed E-state index contributed by atoms with van der Waals surface area (Å²) < 4.78 is 26.6. The number of amides is 1. The van der Waals surface area contributed by atoms with Gasteiger partial charge in [0.15, 0.2) is 5.82 Å². The Balaban J connectivity index is 1.53. The van der Waals surface area contributed by atoms with Crippen LogP contribution in [0.3, 0.4) is 0 Å². The molecule has 0 atom stereocenters. The third-order valence-corrected chi connectivity index (χ3v) is 5.30. The topological polar surface area (TPSA) is 108 Å². The number of aromatic nitrogens is 2. The number of nitrogen functional groups attached to an aromatic ring is 1. The summed E-state index contributed by atoms with van der Waals surface area (Å²) in [7, 11) is 0. The van der Waals surface area contributed by atoms with E-state index in [1.54, 1.807) is 18.2 Å². The number of nitrogens with one attached hydrogen (secondary N) is 3. The lowest BCUT2D eigenvalue weighted by atomic mass is 9.86. The third kappa shape index (κ3) is 3.96. The van der Waals surface area contributed by atoms with Crippen LogP contribution in [0.1, 0.15) is 37.1 Å². The van der Waals surface area contributed by atoms with E-state index in [0.717, 1.165) is 11.0 Å². The molecule has 5 N–H and O–H groups in total. The maximum Gasteiger partial charge on any atom is 0.248 e. The Morgan fingerprint density at radius 1 is 1.21 bits per heavy atom. The highest BCUT2D eigenvalue weighted by molar-refractivity contribution is 6.13. The van der Waals surface area contributed by atoms with Crippen LogP contribution in [0.25, 0.3) is 11.0 Å². The molecule has 4 rings (SSSR count). The first-order chi connectivity index (χ1) is 13.8. The van der Waals surface area contributed by atoms with E-state index < -0.39 is 11.8 Å². The van der Waals surface area contributed by atoms with Crippen LogP contribution >= 0.6 is 0 Å². The van der Waals surface area contributed by atoms with Crippen LogP contribution in [-0.2, 0) is 4.79 Å². The van der Waals surface area contributed by atoms with Crippen LogP contribution < -0.4 is 11.1 Å². The maximum atomic E-state index is 13.3. The Kier molecular flexibility index (Phi) is 4.77. The van der Waals surface area contributed by atoms with E-state index in [-0.39, 0.29) is 37.3 Å². The molecule has 150 valence electrons.